The first-order valence-corrected chi connectivity index (χ1v) is 13.3. The van der Waals surface area contributed by atoms with Gasteiger partial charge in [-0.25, -0.2) is 17.8 Å². The number of nitrogens with zero attached hydrogens (tertiary/aromatic N) is 3. The van der Waals surface area contributed by atoms with Gasteiger partial charge in [-0.05, 0) is 56.7 Å². The van der Waals surface area contributed by atoms with E-state index in [1.54, 1.807) is 16.7 Å². The highest BCUT2D eigenvalue weighted by Crippen LogP contribution is 2.34. The quantitative estimate of drug-likeness (QED) is 0.310. The fourth-order valence-corrected chi connectivity index (χ4v) is 5.83. The van der Waals surface area contributed by atoms with Crippen molar-refractivity contribution in [1.82, 2.24) is 9.88 Å². The van der Waals surface area contributed by atoms with Crippen molar-refractivity contribution in [2.75, 3.05) is 44.1 Å². The number of halogens is 2. The van der Waals surface area contributed by atoms with Crippen molar-refractivity contribution in [3.63, 3.8) is 0 Å². The van der Waals surface area contributed by atoms with Crippen molar-refractivity contribution in [3.8, 4) is 0 Å². The molecule has 0 aliphatic rings. The van der Waals surface area contributed by atoms with Crippen molar-refractivity contribution in [2.45, 2.75) is 16.2 Å². The minimum atomic E-state index is -3.70. The van der Waals surface area contributed by atoms with E-state index >= 15 is 0 Å². The largest absolute Gasteiger partial charge is 0.308 e. The molecule has 2 aromatic carbocycles. The lowest BCUT2D eigenvalue weighted by atomic mass is 10.3. The summed E-state index contributed by atoms with van der Waals surface area (Å²) >= 11 is 3.01. The molecular formula is C21H25ClFN3O3S3. The molecule has 0 radical (unpaired) electrons. The van der Waals surface area contributed by atoms with Crippen LogP contribution in [0.3, 0.4) is 0 Å². The van der Waals surface area contributed by atoms with Gasteiger partial charge >= 0.3 is 0 Å². The van der Waals surface area contributed by atoms with E-state index in [1.807, 2.05) is 43.5 Å². The van der Waals surface area contributed by atoms with E-state index in [1.165, 1.54) is 23.5 Å². The van der Waals surface area contributed by atoms with E-state index in [2.05, 4.69) is 4.98 Å². The van der Waals surface area contributed by atoms with Crippen LogP contribution in [-0.4, -0.2) is 63.4 Å². The minimum Gasteiger partial charge on any atom is -0.308 e. The Labute approximate surface area is 202 Å². The molecule has 0 saturated heterocycles. The molecule has 0 aliphatic carbocycles. The lowest BCUT2D eigenvalue weighted by Gasteiger charge is -2.22. The number of fused-ring (bicyclic) bond motifs is 1. The number of rotatable bonds is 9. The van der Waals surface area contributed by atoms with Gasteiger partial charge in [0.2, 0.25) is 5.91 Å². The van der Waals surface area contributed by atoms with Crippen molar-refractivity contribution < 1.29 is 17.6 Å². The molecule has 11 heteroatoms. The van der Waals surface area contributed by atoms with Crippen LogP contribution in [0.15, 0.2) is 52.3 Å². The van der Waals surface area contributed by atoms with Crippen LogP contribution >= 0.6 is 35.5 Å². The molecule has 174 valence electrons. The van der Waals surface area contributed by atoms with Gasteiger partial charge in [-0.1, -0.05) is 17.4 Å². The summed E-state index contributed by atoms with van der Waals surface area (Å²) in [6, 6.07) is 10.5. The third-order valence-electron chi connectivity index (χ3n) is 4.65. The Morgan fingerprint density at radius 2 is 1.81 bits per heavy atom. The first kappa shape index (κ1) is 26.5. The van der Waals surface area contributed by atoms with Crippen LogP contribution in [0.25, 0.3) is 10.2 Å². The first-order valence-electron chi connectivity index (χ1n) is 9.58. The molecule has 3 aromatic rings. The first-order chi connectivity index (χ1) is 14.7. The zero-order valence-corrected chi connectivity index (χ0v) is 21.2. The second kappa shape index (κ2) is 11.4. The predicted octanol–water partition coefficient (Wildman–Crippen LogP) is 4.34. The Hall–Kier alpha value is -1.72. The van der Waals surface area contributed by atoms with Crippen molar-refractivity contribution in [1.29, 1.82) is 0 Å². The molecule has 1 aromatic heterocycles. The zero-order chi connectivity index (χ0) is 22.6. The van der Waals surface area contributed by atoms with E-state index in [0.29, 0.717) is 18.2 Å². The normalized spacial score (nSPS) is 11.5. The second-order valence-electron chi connectivity index (χ2n) is 7.17. The number of anilines is 1. The number of hydrogen-bond donors (Lipinski definition) is 0. The molecule has 1 amide bonds. The highest BCUT2D eigenvalue weighted by molar-refractivity contribution is 7.98. The molecule has 0 fully saturated rings. The maximum Gasteiger partial charge on any atom is 0.229 e. The van der Waals surface area contributed by atoms with Crippen LogP contribution in [0, 0.1) is 5.82 Å². The highest BCUT2D eigenvalue weighted by atomic mass is 35.5. The molecule has 32 heavy (non-hydrogen) atoms. The molecule has 0 saturated carbocycles. The molecule has 6 nitrogen and oxygen atoms in total. The number of amides is 1. The molecular weight excluding hydrogens is 493 g/mol. The van der Waals surface area contributed by atoms with Crippen LogP contribution in [-0.2, 0) is 14.6 Å². The molecule has 0 N–H and O–H groups in total. The van der Waals surface area contributed by atoms with Gasteiger partial charge in [-0.2, -0.15) is 0 Å². The monoisotopic (exact) mass is 517 g/mol. The Morgan fingerprint density at radius 3 is 2.44 bits per heavy atom. The second-order valence-corrected chi connectivity index (χ2v) is 11.1. The molecule has 1 heterocycles. The highest BCUT2D eigenvalue weighted by Gasteiger charge is 2.23. The molecule has 0 unspecified atom stereocenters. The third-order valence-corrected chi connectivity index (χ3v) is 8.20. The lowest BCUT2D eigenvalue weighted by molar-refractivity contribution is -0.118. The molecule has 0 aliphatic heterocycles. The van der Waals surface area contributed by atoms with E-state index < -0.39 is 15.7 Å². The number of hydrogen-bond acceptors (Lipinski definition) is 7. The van der Waals surface area contributed by atoms with Gasteiger partial charge in [0.15, 0.2) is 15.0 Å². The Bertz CT molecular complexity index is 1170. The van der Waals surface area contributed by atoms with Gasteiger partial charge in [-0.3, -0.25) is 9.69 Å². The number of thioether (sulfide) groups is 1. The molecule has 0 atom stereocenters. The van der Waals surface area contributed by atoms with E-state index in [0.717, 1.165) is 27.2 Å². The summed E-state index contributed by atoms with van der Waals surface area (Å²) in [5.41, 5.74) is 0.844. The van der Waals surface area contributed by atoms with Gasteiger partial charge in [0.25, 0.3) is 0 Å². The average molecular weight is 518 g/mol. The maximum atomic E-state index is 13.1. The third kappa shape index (κ3) is 6.41. The Morgan fingerprint density at radius 1 is 1.12 bits per heavy atom. The Kier molecular flexibility index (Phi) is 9.47. The average Bonchev–Trinajstić information content (AvgIpc) is 3.16. The summed E-state index contributed by atoms with van der Waals surface area (Å²) in [5, 5.41) is 0.558. The van der Waals surface area contributed by atoms with Crippen LogP contribution < -0.4 is 4.90 Å². The fraction of sp³-hybridized carbons (Fsp3) is 0.333. The number of para-hydroxylation sites is 1. The van der Waals surface area contributed by atoms with Gasteiger partial charge in [-0.15, -0.1) is 24.2 Å². The molecule has 0 bridgehead atoms. The maximum absolute atomic E-state index is 13.1. The standard InChI is InChI=1S/C21H24FN3O3S3.ClH/c1-24(2)12-13-25(21-23-20-17(29-3)5-4-6-18(20)30-21)19(26)11-14-31(27,28)16-9-7-15(22)8-10-16;/h4-10H,11-14H2,1-3H3;1H. The van der Waals surface area contributed by atoms with E-state index in [4.69, 9.17) is 0 Å². The number of benzene rings is 2. The summed E-state index contributed by atoms with van der Waals surface area (Å²) in [6.45, 7) is 1.01. The SMILES string of the molecule is CSc1cccc2sc(N(CCN(C)C)C(=O)CCS(=O)(=O)c3ccc(F)cc3)nc12.Cl. The van der Waals surface area contributed by atoms with Crippen LogP contribution in [0.1, 0.15) is 6.42 Å². The van der Waals surface area contributed by atoms with Crippen LogP contribution in [0.5, 0.6) is 0 Å². The number of thiazole rings is 1. The van der Waals surface area contributed by atoms with Gasteiger partial charge in [0, 0.05) is 24.4 Å². The number of sulfone groups is 1. The smallest absolute Gasteiger partial charge is 0.229 e. The van der Waals surface area contributed by atoms with E-state index in [-0.39, 0.29) is 35.4 Å². The number of likely N-dealkylation sites (N-methyl/N-ethyl adjacent to an activating group) is 1. The van der Waals surface area contributed by atoms with Gasteiger partial charge in [0.05, 0.1) is 20.9 Å². The topological polar surface area (TPSA) is 70.6 Å². The van der Waals surface area contributed by atoms with Gasteiger partial charge in [0.1, 0.15) is 5.82 Å². The number of aromatic nitrogens is 1. The van der Waals surface area contributed by atoms with Gasteiger partial charge < -0.3 is 4.90 Å². The summed E-state index contributed by atoms with van der Waals surface area (Å²) in [4.78, 5) is 22.3. The lowest BCUT2D eigenvalue weighted by Crippen LogP contribution is -2.37. The fourth-order valence-electron chi connectivity index (χ4n) is 2.94. The van der Waals surface area contributed by atoms with Crippen molar-refractivity contribution in [3.05, 3.63) is 48.3 Å². The minimum absolute atomic E-state index is 0. The van der Waals surface area contributed by atoms with Crippen LogP contribution in [0.2, 0.25) is 0 Å². The summed E-state index contributed by atoms with van der Waals surface area (Å²) in [6.07, 6.45) is 1.79. The van der Waals surface area contributed by atoms with Crippen LogP contribution in [0.4, 0.5) is 9.52 Å². The predicted molar refractivity (Wildman–Crippen MR) is 133 cm³/mol. The Balaban J connectivity index is 0.00000363. The van der Waals surface area contributed by atoms with Crippen molar-refractivity contribution >= 4 is 66.6 Å². The number of carbonyl (C=O) groups is 1. The summed E-state index contributed by atoms with van der Waals surface area (Å²) in [7, 11) is 0.118. The summed E-state index contributed by atoms with van der Waals surface area (Å²) in [5.74, 6) is -1.17. The zero-order valence-electron chi connectivity index (χ0n) is 17.9. The summed E-state index contributed by atoms with van der Waals surface area (Å²) < 4.78 is 39.2. The van der Waals surface area contributed by atoms with E-state index in [9.17, 15) is 17.6 Å². The molecule has 0 spiro atoms. The van der Waals surface area contributed by atoms with Crippen molar-refractivity contribution in [2.24, 2.45) is 0 Å². The number of carbonyl (C=O) groups excluding carboxylic acids is 1. The molecule has 3 rings (SSSR count).